The van der Waals surface area contributed by atoms with Crippen molar-refractivity contribution in [1.29, 1.82) is 0 Å². The monoisotopic (exact) mass is 305 g/mol. The van der Waals surface area contributed by atoms with Crippen LogP contribution in [0.25, 0.3) is 0 Å². The van der Waals surface area contributed by atoms with Gasteiger partial charge in [-0.3, -0.25) is 0 Å². The Balaban J connectivity index is 1.82. The number of rotatable bonds is 5. The van der Waals surface area contributed by atoms with Gasteiger partial charge in [0.05, 0.1) is 6.10 Å². The molecule has 0 heterocycles. The minimum Gasteiger partial charge on any atom is -0.393 e. The summed E-state index contributed by atoms with van der Waals surface area (Å²) in [4.78, 5) is 15.9. The normalized spacial score (nSPS) is 20.7. The molecule has 1 saturated carbocycles. The molecule has 22 heavy (non-hydrogen) atoms. The molecule has 5 nitrogen and oxygen atoms in total. The highest BCUT2D eigenvalue weighted by Crippen LogP contribution is 2.25. The van der Waals surface area contributed by atoms with E-state index >= 15 is 0 Å². The molecule has 0 saturated heterocycles. The van der Waals surface area contributed by atoms with E-state index in [4.69, 9.17) is 0 Å². The number of anilines is 1. The quantitative estimate of drug-likeness (QED) is 0.875. The van der Waals surface area contributed by atoms with Gasteiger partial charge in [0.1, 0.15) is 0 Å². The molecular formula is C17H27N3O2. The van der Waals surface area contributed by atoms with E-state index < -0.39 is 0 Å². The minimum absolute atomic E-state index is 0.0886. The summed E-state index contributed by atoms with van der Waals surface area (Å²) in [5.74, 6) is 0.216. The number of aliphatic hydroxyl groups excluding tert-OH is 1. The Morgan fingerprint density at radius 2 is 2.09 bits per heavy atom. The van der Waals surface area contributed by atoms with Crippen LogP contribution in [0.15, 0.2) is 24.3 Å². The Morgan fingerprint density at radius 1 is 1.32 bits per heavy atom. The number of hydrogen-bond acceptors (Lipinski definition) is 3. The molecule has 1 fully saturated rings. The lowest BCUT2D eigenvalue weighted by Gasteiger charge is -2.23. The van der Waals surface area contributed by atoms with Gasteiger partial charge in [0.25, 0.3) is 0 Å². The van der Waals surface area contributed by atoms with Gasteiger partial charge in [0.15, 0.2) is 0 Å². The first kappa shape index (κ1) is 16.6. The largest absolute Gasteiger partial charge is 0.393 e. The molecule has 2 N–H and O–H groups in total. The van der Waals surface area contributed by atoms with Crippen LogP contribution in [0, 0.1) is 5.92 Å². The maximum Gasteiger partial charge on any atom is 0.317 e. The summed E-state index contributed by atoms with van der Waals surface area (Å²) in [6.07, 6.45) is 2.66. The molecule has 1 aromatic carbocycles. The van der Waals surface area contributed by atoms with Crippen LogP contribution in [0.3, 0.4) is 0 Å². The Labute approximate surface area is 132 Å². The van der Waals surface area contributed by atoms with Crippen LogP contribution < -0.4 is 10.2 Å². The van der Waals surface area contributed by atoms with E-state index in [0.717, 1.165) is 30.5 Å². The second kappa shape index (κ2) is 7.49. The van der Waals surface area contributed by atoms with E-state index in [2.05, 4.69) is 11.4 Å². The number of urea groups is 1. The van der Waals surface area contributed by atoms with Gasteiger partial charge >= 0.3 is 6.03 Å². The Morgan fingerprint density at radius 3 is 2.73 bits per heavy atom. The molecular weight excluding hydrogens is 278 g/mol. The Hall–Kier alpha value is -1.75. The van der Waals surface area contributed by atoms with E-state index in [1.807, 2.05) is 37.2 Å². The summed E-state index contributed by atoms with van der Waals surface area (Å²) in [7, 11) is 5.79. The third-order valence-corrected chi connectivity index (χ3v) is 4.34. The van der Waals surface area contributed by atoms with Crippen molar-refractivity contribution in [1.82, 2.24) is 10.2 Å². The lowest BCUT2D eigenvalue weighted by Crippen LogP contribution is -2.40. The summed E-state index contributed by atoms with van der Waals surface area (Å²) >= 11 is 0. The van der Waals surface area contributed by atoms with Gasteiger partial charge in [-0.25, -0.2) is 4.79 Å². The van der Waals surface area contributed by atoms with Crippen molar-refractivity contribution in [3.63, 3.8) is 0 Å². The second-order valence-electron chi connectivity index (χ2n) is 6.36. The van der Waals surface area contributed by atoms with Crippen LogP contribution >= 0.6 is 0 Å². The number of nitrogens with one attached hydrogen (secondary N) is 1. The van der Waals surface area contributed by atoms with Gasteiger partial charge in [0.2, 0.25) is 0 Å². The van der Waals surface area contributed by atoms with Crippen molar-refractivity contribution in [2.75, 3.05) is 32.6 Å². The molecule has 0 bridgehead atoms. The minimum atomic E-state index is -0.257. The first-order valence-corrected chi connectivity index (χ1v) is 7.90. The zero-order valence-corrected chi connectivity index (χ0v) is 13.7. The molecule has 2 atom stereocenters. The van der Waals surface area contributed by atoms with Crippen LogP contribution in [0.1, 0.15) is 24.8 Å². The first-order chi connectivity index (χ1) is 10.5. The van der Waals surface area contributed by atoms with Crippen molar-refractivity contribution in [3.8, 4) is 0 Å². The SMILES string of the molecule is CN(CC1CCCC1O)C(=O)NCc1cccc(N(C)C)c1. The van der Waals surface area contributed by atoms with Crippen LogP contribution in [0.5, 0.6) is 0 Å². The molecule has 122 valence electrons. The lowest BCUT2D eigenvalue weighted by molar-refractivity contribution is 0.114. The molecule has 1 aliphatic carbocycles. The number of benzene rings is 1. The Kier molecular flexibility index (Phi) is 5.66. The number of hydrogen-bond donors (Lipinski definition) is 2. The van der Waals surface area contributed by atoms with Crippen LogP contribution in [-0.4, -0.2) is 49.8 Å². The highest BCUT2D eigenvalue weighted by Gasteiger charge is 2.27. The van der Waals surface area contributed by atoms with Crippen molar-refractivity contribution < 1.29 is 9.90 Å². The molecule has 0 aromatic heterocycles. The predicted molar refractivity (Wildman–Crippen MR) is 89.0 cm³/mol. The first-order valence-electron chi connectivity index (χ1n) is 7.90. The van der Waals surface area contributed by atoms with Gasteiger partial charge in [-0.05, 0) is 30.5 Å². The van der Waals surface area contributed by atoms with Gasteiger partial charge in [-0.1, -0.05) is 18.6 Å². The average molecular weight is 305 g/mol. The molecule has 0 aliphatic heterocycles. The number of nitrogens with zero attached hydrogens (tertiary/aromatic N) is 2. The molecule has 2 rings (SSSR count). The molecule has 1 aliphatic rings. The average Bonchev–Trinajstić information content (AvgIpc) is 2.90. The standard InChI is InChI=1S/C17H27N3O2/c1-19(2)15-8-4-6-13(10-15)11-18-17(22)20(3)12-14-7-5-9-16(14)21/h4,6,8,10,14,16,21H,5,7,9,11-12H2,1-3H3,(H,18,22). The van der Waals surface area contributed by atoms with Crippen molar-refractivity contribution in [2.45, 2.75) is 31.9 Å². The zero-order valence-electron chi connectivity index (χ0n) is 13.7. The number of carbonyl (C=O) groups excluding carboxylic acids is 1. The van der Waals surface area contributed by atoms with E-state index in [9.17, 15) is 9.90 Å². The second-order valence-corrected chi connectivity index (χ2v) is 6.36. The topological polar surface area (TPSA) is 55.8 Å². The highest BCUT2D eigenvalue weighted by molar-refractivity contribution is 5.73. The summed E-state index contributed by atoms with van der Waals surface area (Å²) in [6.45, 7) is 1.13. The number of amides is 2. The molecule has 2 amide bonds. The molecule has 1 aromatic rings. The van der Waals surface area contributed by atoms with Gasteiger partial charge in [-0.2, -0.15) is 0 Å². The summed E-state index contributed by atoms with van der Waals surface area (Å²) in [5, 5.41) is 12.8. The van der Waals surface area contributed by atoms with Crippen molar-refractivity contribution in [3.05, 3.63) is 29.8 Å². The summed E-state index contributed by atoms with van der Waals surface area (Å²) in [6, 6.07) is 8.03. The fourth-order valence-corrected chi connectivity index (χ4v) is 2.92. The van der Waals surface area contributed by atoms with Crippen LogP contribution in [0.2, 0.25) is 0 Å². The third kappa shape index (κ3) is 4.37. The van der Waals surface area contributed by atoms with Gasteiger partial charge in [0, 0.05) is 45.8 Å². The smallest absolute Gasteiger partial charge is 0.317 e. The van der Waals surface area contributed by atoms with Crippen LogP contribution in [0.4, 0.5) is 10.5 Å². The maximum absolute atomic E-state index is 12.2. The summed E-state index contributed by atoms with van der Waals surface area (Å²) in [5.41, 5.74) is 2.20. The molecule has 2 unspecified atom stereocenters. The maximum atomic E-state index is 12.2. The zero-order chi connectivity index (χ0) is 16.1. The van der Waals surface area contributed by atoms with Crippen LogP contribution in [-0.2, 0) is 6.54 Å². The van der Waals surface area contributed by atoms with Gasteiger partial charge < -0.3 is 20.2 Å². The summed E-state index contributed by atoms with van der Waals surface area (Å²) < 4.78 is 0. The molecule has 0 radical (unpaired) electrons. The number of carbonyl (C=O) groups is 1. The predicted octanol–water partition coefficient (Wildman–Crippen LogP) is 2.05. The third-order valence-electron chi connectivity index (χ3n) is 4.34. The molecule has 0 spiro atoms. The van der Waals surface area contributed by atoms with Crippen molar-refractivity contribution in [2.24, 2.45) is 5.92 Å². The highest BCUT2D eigenvalue weighted by atomic mass is 16.3. The van der Waals surface area contributed by atoms with Crippen molar-refractivity contribution >= 4 is 11.7 Å². The fraction of sp³-hybridized carbons (Fsp3) is 0.588. The van der Waals surface area contributed by atoms with E-state index in [1.165, 1.54) is 0 Å². The van der Waals surface area contributed by atoms with E-state index in [-0.39, 0.29) is 18.1 Å². The Bertz CT molecular complexity index is 504. The lowest BCUT2D eigenvalue weighted by atomic mass is 10.1. The molecule has 5 heteroatoms. The fourth-order valence-electron chi connectivity index (χ4n) is 2.92. The van der Waals surface area contributed by atoms with Gasteiger partial charge in [-0.15, -0.1) is 0 Å². The van der Waals surface area contributed by atoms with E-state index in [1.54, 1.807) is 11.9 Å². The van der Waals surface area contributed by atoms with E-state index in [0.29, 0.717) is 13.1 Å². The number of aliphatic hydroxyl groups is 1.